The molecule has 0 bridgehead atoms. The van der Waals surface area contributed by atoms with Gasteiger partial charge in [-0.05, 0) is 186 Å². The van der Waals surface area contributed by atoms with Gasteiger partial charge in [0.15, 0.2) is 0 Å². The van der Waals surface area contributed by atoms with Crippen molar-refractivity contribution in [3.05, 3.63) is 238 Å². The topological polar surface area (TPSA) is 57.4 Å². The minimum Gasteiger partial charge on any atom is -0.309 e. The Morgan fingerprint density at radius 1 is 0.326 bits per heavy atom. The zero-order chi connectivity index (χ0) is 61.1. The molecule has 0 saturated carbocycles. The molecule has 16 heteroatoms. The SMILES string of the molecule is Cc1ccc(-c2ccc3c(c2)c2cc(-c4ccc(C)cc4C)ccc2n3-c2cc(C#N)c(-n3c4ccc(-c5ccc(C(F)(F)F)cc5C(F)(F)F)cc4c4cc(-c5ccc(C(F)(F)F)cc5C(F)(F)F)ccc43)cc2-c2cccc(C#N)c2)c(C)c1. The number of halogens is 12. The fraction of sp³-hybridized carbons (Fsp3) is 0.114. The van der Waals surface area contributed by atoms with Gasteiger partial charge < -0.3 is 9.13 Å². The number of hydrogen-bond donors (Lipinski definition) is 0. The van der Waals surface area contributed by atoms with Crippen LogP contribution in [0, 0.1) is 50.4 Å². The molecule has 86 heavy (non-hydrogen) atoms. The van der Waals surface area contributed by atoms with Crippen molar-refractivity contribution in [1.82, 2.24) is 9.13 Å². The Balaban J connectivity index is 1.16. The lowest BCUT2D eigenvalue weighted by atomic mass is 9.94. The minimum atomic E-state index is -5.31. The van der Waals surface area contributed by atoms with E-state index < -0.39 is 58.1 Å². The van der Waals surface area contributed by atoms with Gasteiger partial charge in [-0.3, -0.25) is 0 Å². The van der Waals surface area contributed by atoms with Crippen LogP contribution in [0.5, 0.6) is 0 Å². The molecule has 2 aromatic heterocycles. The first-order valence-corrected chi connectivity index (χ1v) is 26.7. The van der Waals surface area contributed by atoms with Gasteiger partial charge in [0, 0.05) is 27.1 Å². The Kier molecular flexibility index (Phi) is 13.3. The Hall–Kier alpha value is -10.1. The van der Waals surface area contributed by atoms with Crippen molar-refractivity contribution in [3.8, 4) is 79.1 Å². The Morgan fingerprint density at radius 2 is 0.709 bits per heavy atom. The molecule has 12 aromatic rings. The van der Waals surface area contributed by atoms with Crippen LogP contribution in [0.25, 0.3) is 111 Å². The Labute approximate surface area is 483 Å². The van der Waals surface area contributed by atoms with Crippen molar-refractivity contribution >= 4 is 43.6 Å². The first kappa shape index (κ1) is 56.4. The van der Waals surface area contributed by atoms with Gasteiger partial charge in [-0.15, -0.1) is 0 Å². The number of aromatic nitrogens is 2. The zero-order valence-electron chi connectivity index (χ0n) is 45.6. The van der Waals surface area contributed by atoms with E-state index in [1.807, 2.05) is 68.7 Å². The molecule has 0 unspecified atom stereocenters. The van der Waals surface area contributed by atoms with Crippen molar-refractivity contribution in [1.29, 1.82) is 10.5 Å². The van der Waals surface area contributed by atoms with Crippen LogP contribution >= 0.6 is 0 Å². The Morgan fingerprint density at radius 3 is 1.08 bits per heavy atom. The lowest BCUT2D eigenvalue weighted by Crippen LogP contribution is -2.12. The second-order valence-electron chi connectivity index (χ2n) is 21.4. The van der Waals surface area contributed by atoms with Crippen molar-refractivity contribution < 1.29 is 52.7 Å². The largest absolute Gasteiger partial charge is 0.417 e. The first-order chi connectivity index (χ1) is 40.7. The van der Waals surface area contributed by atoms with Crippen LogP contribution in [0.4, 0.5) is 52.7 Å². The molecule has 12 rings (SSSR count). The monoisotopic (exact) mass is 1170 g/mol. The maximum atomic E-state index is 14.8. The van der Waals surface area contributed by atoms with E-state index in [1.165, 1.54) is 36.4 Å². The van der Waals surface area contributed by atoms with Gasteiger partial charge in [-0.2, -0.15) is 63.2 Å². The van der Waals surface area contributed by atoms with Gasteiger partial charge in [0.05, 0.1) is 72.9 Å². The van der Waals surface area contributed by atoms with Gasteiger partial charge >= 0.3 is 24.7 Å². The summed E-state index contributed by atoms with van der Waals surface area (Å²) in [6, 6.07) is 49.3. The van der Waals surface area contributed by atoms with E-state index in [0.717, 1.165) is 66.3 Å². The van der Waals surface area contributed by atoms with Crippen LogP contribution in [0.2, 0.25) is 0 Å². The van der Waals surface area contributed by atoms with Crippen LogP contribution in [-0.2, 0) is 24.7 Å². The van der Waals surface area contributed by atoms with E-state index in [2.05, 4.69) is 48.5 Å². The highest BCUT2D eigenvalue weighted by atomic mass is 19.4. The van der Waals surface area contributed by atoms with Crippen LogP contribution in [0.1, 0.15) is 55.6 Å². The molecule has 0 aliphatic carbocycles. The molecule has 4 nitrogen and oxygen atoms in total. The fourth-order valence-electron chi connectivity index (χ4n) is 11.9. The molecule has 0 atom stereocenters. The van der Waals surface area contributed by atoms with Gasteiger partial charge in [-0.25, -0.2) is 0 Å². The number of fused-ring (bicyclic) bond motifs is 6. The molecule has 0 fully saturated rings. The second kappa shape index (κ2) is 20.3. The van der Waals surface area contributed by atoms with Crippen LogP contribution in [-0.4, -0.2) is 9.13 Å². The minimum absolute atomic E-state index is 0.0152. The maximum Gasteiger partial charge on any atom is 0.417 e. The lowest BCUT2D eigenvalue weighted by Gasteiger charge is -2.19. The smallest absolute Gasteiger partial charge is 0.309 e. The molecule has 0 spiro atoms. The van der Waals surface area contributed by atoms with Gasteiger partial charge in [0.2, 0.25) is 0 Å². The molecule has 0 radical (unpaired) electrons. The average molecular weight is 1170 g/mol. The molecule has 0 aliphatic heterocycles. The number of rotatable bonds is 7. The highest BCUT2D eigenvalue weighted by Gasteiger charge is 2.40. The summed E-state index contributed by atoms with van der Waals surface area (Å²) in [6.07, 6.45) is -20.9. The molecule has 426 valence electrons. The first-order valence-electron chi connectivity index (χ1n) is 26.7. The zero-order valence-corrected chi connectivity index (χ0v) is 45.6. The number of nitrogens with zero attached hydrogens (tertiary/aromatic N) is 4. The summed E-state index contributed by atoms with van der Waals surface area (Å²) < 4.78 is 176. The number of alkyl halides is 12. The highest BCUT2D eigenvalue weighted by Crippen LogP contribution is 2.48. The molecule has 10 aromatic carbocycles. The molecule has 0 amide bonds. The van der Waals surface area contributed by atoms with E-state index in [0.29, 0.717) is 41.1 Å². The van der Waals surface area contributed by atoms with Gasteiger partial charge in [0.25, 0.3) is 0 Å². The average Bonchev–Trinajstić information content (AvgIpc) is 1.62. The number of benzene rings is 10. The second-order valence-corrected chi connectivity index (χ2v) is 21.4. The molecule has 0 N–H and O–H groups in total. The summed E-state index contributed by atoms with van der Waals surface area (Å²) in [6.45, 7) is 8.13. The number of hydrogen-bond acceptors (Lipinski definition) is 2. The van der Waals surface area contributed by atoms with Crippen molar-refractivity contribution in [2.45, 2.75) is 52.4 Å². The van der Waals surface area contributed by atoms with E-state index in [9.17, 15) is 63.2 Å². The van der Waals surface area contributed by atoms with Crippen LogP contribution in [0.15, 0.2) is 182 Å². The highest BCUT2D eigenvalue weighted by molar-refractivity contribution is 6.14. The van der Waals surface area contributed by atoms with Crippen molar-refractivity contribution in [2.75, 3.05) is 0 Å². The molecule has 0 saturated heterocycles. The molecule has 0 aliphatic rings. The summed E-state index contributed by atoms with van der Waals surface area (Å²) in [7, 11) is 0. The third-order valence-corrected chi connectivity index (χ3v) is 15.9. The van der Waals surface area contributed by atoms with E-state index >= 15 is 0 Å². The van der Waals surface area contributed by atoms with Crippen molar-refractivity contribution in [2.24, 2.45) is 0 Å². The fourth-order valence-corrected chi connectivity index (χ4v) is 11.9. The van der Waals surface area contributed by atoms with E-state index in [4.69, 9.17) is 0 Å². The summed E-state index contributed by atoms with van der Waals surface area (Å²) in [5.74, 6) is 0. The number of aryl methyl sites for hydroxylation is 4. The van der Waals surface area contributed by atoms with Crippen molar-refractivity contribution in [3.63, 3.8) is 0 Å². The van der Waals surface area contributed by atoms with Gasteiger partial charge in [0.1, 0.15) is 6.07 Å². The third-order valence-electron chi connectivity index (χ3n) is 15.9. The summed E-state index contributed by atoms with van der Waals surface area (Å²) >= 11 is 0. The quantitative estimate of drug-likeness (QED) is 0.149. The molecule has 2 heterocycles. The van der Waals surface area contributed by atoms with Crippen LogP contribution < -0.4 is 0 Å². The summed E-state index contributed by atoms with van der Waals surface area (Å²) in [4.78, 5) is 0. The number of nitriles is 2. The maximum absolute atomic E-state index is 14.8. The lowest BCUT2D eigenvalue weighted by molar-refractivity contribution is -0.144. The van der Waals surface area contributed by atoms with E-state index in [-0.39, 0.29) is 61.9 Å². The molecular formula is C70H42F12N4. The van der Waals surface area contributed by atoms with Crippen LogP contribution in [0.3, 0.4) is 0 Å². The summed E-state index contributed by atoms with van der Waals surface area (Å²) in [5, 5.41) is 23.5. The predicted molar refractivity (Wildman–Crippen MR) is 311 cm³/mol. The predicted octanol–water partition coefficient (Wildman–Crippen LogP) is 21.3. The van der Waals surface area contributed by atoms with Gasteiger partial charge in [-0.1, -0.05) is 96.1 Å². The third kappa shape index (κ3) is 9.84. The normalized spacial score (nSPS) is 12.4. The Bertz CT molecular complexity index is 4660. The standard InChI is InChI=1S/C70H42F12N4/c1-37-8-16-50(39(3)24-37)43-10-20-63-55(27-43)56-28-44(51-17-9-38(2)25-40(51)4)11-21-64(56)86(63)66-31-47(36-84)65(34-54(66)42-7-5-6-41(26-42)35-83)85-61-22-12-45(52-18-14-48(67(71,72)73)32-59(52)69(77,78)79)29-57(61)58-30-46(13-23-62(58)85)53-19-15-49(68(74,75)76)33-60(53)70(80,81)82/h5-34H,1-4H3. The van der Waals surface area contributed by atoms with E-state index in [1.54, 1.807) is 41.0 Å². The molecular weight excluding hydrogens is 1120 g/mol. The summed E-state index contributed by atoms with van der Waals surface area (Å²) in [5.41, 5.74) is 3.72.